The van der Waals surface area contributed by atoms with Crippen molar-refractivity contribution in [3.05, 3.63) is 0 Å². The van der Waals surface area contributed by atoms with Gasteiger partial charge in [0.25, 0.3) is 0 Å². The van der Waals surface area contributed by atoms with E-state index in [4.69, 9.17) is 14.6 Å². The Kier molecular flexibility index (Phi) is 11.3. The van der Waals surface area contributed by atoms with Crippen molar-refractivity contribution in [3.63, 3.8) is 0 Å². The van der Waals surface area contributed by atoms with Gasteiger partial charge in [-0.05, 0) is 19.1 Å². The average Bonchev–Trinajstić information content (AvgIpc) is 2.39. The maximum absolute atomic E-state index is 10.9. The number of carboxylic acid groups (broad SMARTS) is 1. The molecular formula is C13H25NO6S. The van der Waals surface area contributed by atoms with Gasteiger partial charge in [-0.1, -0.05) is 0 Å². The number of aliphatic hydroxyl groups is 1. The molecule has 0 heterocycles. The molecule has 0 bridgehead atoms. The van der Waals surface area contributed by atoms with Crippen LogP contribution in [0.1, 0.15) is 20.3 Å². The van der Waals surface area contributed by atoms with E-state index in [1.165, 1.54) is 18.7 Å². The monoisotopic (exact) mass is 323 g/mol. The third-order valence-corrected chi connectivity index (χ3v) is 3.66. The van der Waals surface area contributed by atoms with Crippen LogP contribution in [0.3, 0.4) is 0 Å². The zero-order valence-corrected chi connectivity index (χ0v) is 13.5. The molecule has 3 unspecified atom stereocenters. The highest BCUT2D eigenvalue weighted by atomic mass is 32.2. The predicted molar refractivity (Wildman–Crippen MR) is 80.5 cm³/mol. The third-order valence-electron chi connectivity index (χ3n) is 2.51. The zero-order valence-electron chi connectivity index (χ0n) is 12.7. The second-order valence-corrected chi connectivity index (χ2v) is 5.86. The van der Waals surface area contributed by atoms with Gasteiger partial charge in [-0.2, -0.15) is 11.8 Å². The van der Waals surface area contributed by atoms with Crippen LogP contribution < -0.4 is 5.32 Å². The van der Waals surface area contributed by atoms with Crippen LogP contribution in [-0.4, -0.2) is 72.2 Å². The first kappa shape index (κ1) is 20.2. The Morgan fingerprint density at radius 3 is 2.52 bits per heavy atom. The fourth-order valence-electron chi connectivity index (χ4n) is 1.53. The number of hydrogen-bond acceptors (Lipinski definition) is 6. The minimum atomic E-state index is -1.05. The van der Waals surface area contributed by atoms with Crippen molar-refractivity contribution >= 4 is 23.6 Å². The second-order valence-electron chi connectivity index (χ2n) is 4.71. The number of carboxylic acids is 1. The van der Waals surface area contributed by atoms with Gasteiger partial charge < -0.3 is 25.0 Å². The van der Waals surface area contributed by atoms with Crippen LogP contribution in [0, 0.1) is 0 Å². The summed E-state index contributed by atoms with van der Waals surface area (Å²) >= 11 is 1.42. The van der Waals surface area contributed by atoms with Gasteiger partial charge in [0.1, 0.15) is 6.04 Å². The predicted octanol–water partition coefficient (Wildman–Crippen LogP) is 0.111. The molecule has 0 aliphatic rings. The van der Waals surface area contributed by atoms with E-state index >= 15 is 0 Å². The van der Waals surface area contributed by atoms with Crippen LogP contribution in [0.5, 0.6) is 0 Å². The molecule has 0 saturated heterocycles. The maximum atomic E-state index is 10.9. The highest BCUT2D eigenvalue weighted by Gasteiger charge is 2.18. The molecule has 0 spiro atoms. The minimum Gasteiger partial charge on any atom is -0.480 e. The van der Waals surface area contributed by atoms with E-state index < -0.39 is 18.1 Å². The largest absolute Gasteiger partial charge is 0.480 e. The molecule has 0 aromatic heterocycles. The molecule has 0 aromatic carbocycles. The van der Waals surface area contributed by atoms with Crippen LogP contribution in [0.4, 0.5) is 0 Å². The van der Waals surface area contributed by atoms with Gasteiger partial charge in [0, 0.05) is 19.8 Å². The van der Waals surface area contributed by atoms with E-state index in [1.54, 1.807) is 7.11 Å². The van der Waals surface area contributed by atoms with E-state index in [0.717, 1.165) is 0 Å². The summed E-state index contributed by atoms with van der Waals surface area (Å²) in [4.78, 5) is 21.8. The van der Waals surface area contributed by atoms with Crippen LogP contribution in [0.15, 0.2) is 0 Å². The van der Waals surface area contributed by atoms with Gasteiger partial charge in [0.15, 0.2) is 0 Å². The normalized spacial score (nSPS) is 15.2. The van der Waals surface area contributed by atoms with Crippen molar-refractivity contribution in [1.29, 1.82) is 0 Å². The Morgan fingerprint density at radius 1 is 1.33 bits per heavy atom. The molecule has 21 heavy (non-hydrogen) atoms. The van der Waals surface area contributed by atoms with Gasteiger partial charge in [-0.25, -0.2) is 4.79 Å². The highest BCUT2D eigenvalue weighted by molar-refractivity contribution is 7.99. The van der Waals surface area contributed by atoms with Crippen molar-refractivity contribution in [3.8, 4) is 0 Å². The quantitative estimate of drug-likeness (QED) is 0.438. The molecule has 0 aliphatic heterocycles. The van der Waals surface area contributed by atoms with Gasteiger partial charge in [0.2, 0.25) is 5.91 Å². The van der Waals surface area contributed by atoms with Crippen LogP contribution in [-0.2, 0) is 19.1 Å². The molecule has 124 valence electrons. The van der Waals surface area contributed by atoms with Gasteiger partial charge in [0.05, 0.1) is 25.4 Å². The van der Waals surface area contributed by atoms with Crippen molar-refractivity contribution in [2.75, 3.05) is 31.8 Å². The lowest BCUT2D eigenvalue weighted by molar-refractivity contribution is -0.141. The highest BCUT2D eigenvalue weighted by Crippen LogP contribution is 2.08. The smallest absolute Gasteiger partial charge is 0.326 e. The van der Waals surface area contributed by atoms with E-state index in [0.29, 0.717) is 24.5 Å². The fraction of sp³-hybridized carbons (Fsp3) is 0.846. The molecule has 3 N–H and O–H groups in total. The molecule has 0 fully saturated rings. The summed E-state index contributed by atoms with van der Waals surface area (Å²) in [5, 5.41) is 21.0. The first-order valence-corrected chi connectivity index (χ1v) is 7.88. The van der Waals surface area contributed by atoms with E-state index in [-0.39, 0.29) is 18.6 Å². The number of thioether (sulfide) groups is 1. The lowest BCUT2D eigenvalue weighted by Crippen LogP contribution is -2.40. The number of amides is 1. The molecule has 0 saturated carbocycles. The van der Waals surface area contributed by atoms with Crippen LogP contribution >= 0.6 is 11.8 Å². The summed E-state index contributed by atoms with van der Waals surface area (Å²) in [6.45, 7) is 3.82. The molecular weight excluding hydrogens is 298 g/mol. The number of carbonyl (C=O) groups excluding carboxylic acids is 1. The van der Waals surface area contributed by atoms with Crippen molar-refractivity contribution in [2.24, 2.45) is 0 Å². The average molecular weight is 323 g/mol. The van der Waals surface area contributed by atoms with Gasteiger partial charge >= 0.3 is 5.97 Å². The van der Waals surface area contributed by atoms with E-state index in [1.807, 2.05) is 6.92 Å². The maximum Gasteiger partial charge on any atom is 0.326 e. The van der Waals surface area contributed by atoms with Crippen molar-refractivity contribution in [2.45, 2.75) is 38.5 Å². The molecule has 7 nitrogen and oxygen atoms in total. The molecule has 1 amide bonds. The lowest BCUT2D eigenvalue weighted by atomic mass is 10.2. The summed E-state index contributed by atoms with van der Waals surface area (Å²) in [6.07, 6.45) is -0.378. The molecule has 3 atom stereocenters. The number of hydrogen-bond donors (Lipinski definition) is 3. The number of aliphatic carboxylic acids is 1. The SMILES string of the molecule is COCC(C)OCC(O)CSCCC(NC(C)=O)C(=O)O. The number of carbonyl (C=O) groups is 2. The Balaban J connectivity index is 3.77. The first-order chi connectivity index (χ1) is 9.86. The molecule has 8 heteroatoms. The number of nitrogens with one attached hydrogen (secondary N) is 1. The summed E-state index contributed by atoms with van der Waals surface area (Å²) < 4.78 is 10.3. The van der Waals surface area contributed by atoms with Crippen LogP contribution in [0.2, 0.25) is 0 Å². The summed E-state index contributed by atoms with van der Waals surface area (Å²) in [6, 6.07) is -0.884. The minimum absolute atomic E-state index is 0.0780. The molecule has 0 radical (unpaired) electrons. The fourth-order valence-corrected chi connectivity index (χ4v) is 2.47. The van der Waals surface area contributed by atoms with Gasteiger partial charge in [-0.15, -0.1) is 0 Å². The zero-order chi connectivity index (χ0) is 16.3. The van der Waals surface area contributed by atoms with Crippen LogP contribution in [0.25, 0.3) is 0 Å². The number of ether oxygens (including phenoxy) is 2. The Labute approximate surface area is 129 Å². The van der Waals surface area contributed by atoms with Crippen molar-refractivity contribution in [1.82, 2.24) is 5.32 Å². The summed E-state index contributed by atoms with van der Waals surface area (Å²) in [7, 11) is 1.58. The number of rotatable bonds is 12. The summed E-state index contributed by atoms with van der Waals surface area (Å²) in [5.41, 5.74) is 0. The first-order valence-electron chi connectivity index (χ1n) is 6.73. The van der Waals surface area contributed by atoms with E-state index in [9.17, 15) is 14.7 Å². The number of methoxy groups -OCH3 is 1. The molecule has 0 aromatic rings. The Hall–Kier alpha value is -0.830. The van der Waals surface area contributed by atoms with Gasteiger partial charge in [-0.3, -0.25) is 4.79 Å². The standard InChI is InChI=1S/C13H25NO6S/c1-9(6-19-3)20-7-11(16)8-21-5-4-12(13(17)18)14-10(2)15/h9,11-12,16H,4-8H2,1-3H3,(H,14,15)(H,17,18). The second kappa shape index (κ2) is 11.8. The lowest BCUT2D eigenvalue weighted by Gasteiger charge is -2.16. The molecule has 0 aliphatic carbocycles. The summed E-state index contributed by atoms with van der Waals surface area (Å²) in [5.74, 6) is -0.440. The van der Waals surface area contributed by atoms with E-state index in [2.05, 4.69) is 5.32 Å². The van der Waals surface area contributed by atoms with Crippen molar-refractivity contribution < 1.29 is 29.3 Å². The number of aliphatic hydroxyl groups excluding tert-OH is 1. The Bertz CT molecular complexity index is 315. The molecule has 0 rings (SSSR count). The topological polar surface area (TPSA) is 105 Å². The third kappa shape index (κ3) is 11.5. The Morgan fingerprint density at radius 2 is 2.00 bits per heavy atom.